The number of unbranched alkanes of at least 4 members (excludes halogenated alkanes) is 3. The van der Waals surface area contributed by atoms with Gasteiger partial charge in [-0.15, -0.1) is 5.10 Å². The van der Waals surface area contributed by atoms with Crippen molar-refractivity contribution in [3.8, 4) is 5.88 Å². The summed E-state index contributed by atoms with van der Waals surface area (Å²) in [6.45, 7) is 2.24. The lowest BCUT2D eigenvalue weighted by Gasteiger charge is -2.39. The molecule has 3 fully saturated rings. The molecule has 9 heteroatoms. The normalized spacial score (nSPS) is 30.9. The summed E-state index contributed by atoms with van der Waals surface area (Å²) in [5, 5.41) is 8.84. The van der Waals surface area contributed by atoms with Crippen LogP contribution in [0.3, 0.4) is 0 Å². The van der Waals surface area contributed by atoms with Crippen LogP contribution >= 0.6 is 0 Å². The summed E-state index contributed by atoms with van der Waals surface area (Å²) in [4.78, 5) is 50.6. The van der Waals surface area contributed by atoms with E-state index >= 15 is 0 Å². The van der Waals surface area contributed by atoms with Crippen LogP contribution in [0.15, 0.2) is 36.4 Å². The summed E-state index contributed by atoms with van der Waals surface area (Å²) < 4.78 is 16.3. The Morgan fingerprint density at radius 1 is 0.805 bits per heavy atom. The topological polar surface area (TPSA) is 122 Å². The zero-order valence-corrected chi connectivity index (χ0v) is 23.3. The van der Waals surface area contributed by atoms with Crippen molar-refractivity contribution in [1.29, 1.82) is 0 Å². The molecule has 4 aliphatic rings. The van der Waals surface area contributed by atoms with Gasteiger partial charge in [0.15, 0.2) is 0 Å². The van der Waals surface area contributed by atoms with Crippen LogP contribution in [-0.4, -0.2) is 40.2 Å². The molecule has 6 rings (SSSR count). The minimum absolute atomic E-state index is 0.135. The van der Waals surface area contributed by atoms with Gasteiger partial charge < -0.3 is 14.2 Å². The molecule has 0 bridgehead atoms. The molecule has 0 radical (unpaired) electrons. The van der Waals surface area contributed by atoms with Crippen molar-refractivity contribution in [3.05, 3.63) is 53.2 Å². The Hall–Kier alpha value is -3.62. The molecule has 5 unspecified atom stereocenters. The first-order chi connectivity index (χ1) is 19.9. The zero-order valence-electron chi connectivity index (χ0n) is 23.3. The number of rotatable bonds is 9. The van der Waals surface area contributed by atoms with Crippen molar-refractivity contribution in [2.75, 3.05) is 0 Å². The maximum absolute atomic E-state index is 13.0. The number of aromatic nitrogens is 2. The monoisotopic (exact) mass is 560 g/mol. The second-order valence-electron chi connectivity index (χ2n) is 11.9. The Bertz CT molecular complexity index is 1320. The van der Waals surface area contributed by atoms with Gasteiger partial charge in [0.1, 0.15) is 12.0 Å². The molecule has 2 aromatic rings. The summed E-state index contributed by atoms with van der Waals surface area (Å²) in [6.07, 6.45) is 10.00. The first-order valence-electron chi connectivity index (χ1n) is 15.0. The summed E-state index contributed by atoms with van der Waals surface area (Å²) >= 11 is 0. The van der Waals surface area contributed by atoms with Crippen LogP contribution in [-0.2, 0) is 28.7 Å². The van der Waals surface area contributed by atoms with Crippen molar-refractivity contribution in [1.82, 2.24) is 10.2 Å². The number of fused-ring (bicyclic) bond motifs is 3. The average Bonchev–Trinajstić information content (AvgIpc) is 3.48. The Balaban J connectivity index is 1.21. The Labute approximate surface area is 239 Å². The number of carbonyl (C=O) groups excluding carboxylic acids is 4. The fourth-order valence-corrected chi connectivity index (χ4v) is 7.37. The number of benzene rings is 1. The van der Waals surface area contributed by atoms with Gasteiger partial charge in [0.05, 0.1) is 24.0 Å². The minimum atomic E-state index is -0.986. The van der Waals surface area contributed by atoms with Gasteiger partial charge in [0.2, 0.25) is 5.88 Å². The third-order valence-corrected chi connectivity index (χ3v) is 9.47. The maximum Gasteiger partial charge on any atom is 0.322 e. The lowest BCUT2D eigenvalue weighted by Crippen LogP contribution is -2.46. The summed E-state index contributed by atoms with van der Waals surface area (Å²) in [5.41, 5.74) is 2.19. The van der Waals surface area contributed by atoms with E-state index < -0.39 is 53.7 Å². The molecule has 2 aliphatic heterocycles. The molecule has 3 heterocycles. The molecule has 5 atom stereocenters. The first kappa shape index (κ1) is 27.5. The lowest BCUT2D eigenvalue weighted by atomic mass is 9.65. The van der Waals surface area contributed by atoms with E-state index in [9.17, 15) is 19.2 Å². The number of nitrogens with zero attached hydrogens (tertiary/aromatic N) is 2. The Morgan fingerprint density at radius 2 is 1.59 bits per heavy atom. The molecule has 216 valence electrons. The summed E-state index contributed by atoms with van der Waals surface area (Å²) in [6, 6.07) is 10.8. The molecule has 2 saturated heterocycles. The molecule has 0 amide bonds. The highest BCUT2D eigenvalue weighted by Gasteiger charge is 2.60. The van der Waals surface area contributed by atoms with Gasteiger partial charge >= 0.3 is 23.9 Å². The highest BCUT2D eigenvalue weighted by molar-refractivity contribution is 6.01. The van der Waals surface area contributed by atoms with Gasteiger partial charge in [-0.3, -0.25) is 19.2 Å². The fraction of sp³-hybridized carbons (Fsp3) is 0.562. The average molecular weight is 561 g/mol. The van der Waals surface area contributed by atoms with Gasteiger partial charge in [-0.2, -0.15) is 5.10 Å². The van der Waals surface area contributed by atoms with Gasteiger partial charge in [-0.25, -0.2) is 0 Å². The summed E-state index contributed by atoms with van der Waals surface area (Å²) in [5.74, 6) is -4.73. The van der Waals surface area contributed by atoms with Crippen LogP contribution in [0.5, 0.6) is 5.88 Å². The molecular formula is C32H36N2O7. The van der Waals surface area contributed by atoms with Gasteiger partial charge in [-0.1, -0.05) is 63.3 Å². The number of esters is 4. The van der Waals surface area contributed by atoms with Crippen molar-refractivity contribution in [3.63, 3.8) is 0 Å². The predicted octanol–water partition coefficient (Wildman–Crippen LogP) is 5.14. The number of cyclic esters (lactones) is 4. The van der Waals surface area contributed by atoms with Gasteiger partial charge in [-0.05, 0) is 48.8 Å². The van der Waals surface area contributed by atoms with E-state index in [0.29, 0.717) is 17.0 Å². The van der Waals surface area contributed by atoms with E-state index in [1.807, 2.05) is 6.07 Å². The van der Waals surface area contributed by atoms with E-state index in [1.165, 1.54) is 44.9 Å². The van der Waals surface area contributed by atoms with Crippen LogP contribution in [0.1, 0.15) is 106 Å². The van der Waals surface area contributed by atoms with Crippen LogP contribution in [0.25, 0.3) is 0 Å². The van der Waals surface area contributed by atoms with Gasteiger partial charge in [0.25, 0.3) is 0 Å². The van der Waals surface area contributed by atoms with Crippen molar-refractivity contribution in [2.45, 2.75) is 95.0 Å². The quantitative estimate of drug-likeness (QED) is 0.233. The van der Waals surface area contributed by atoms with Crippen molar-refractivity contribution >= 4 is 23.9 Å². The maximum atomic E-state index is 13.0. The molecule has 1 aromatic carbocycles. The number of hydrogen-bond donors (Lipinski definition) is 0. The number of carbonyl (C=O) groups is 4. The molecule has 41 heavy (non-hydrogen) atoms. The molecule has 2 aliphatic carbocycles. The lowest BCUT2D eigenvalue weighted by molar-refractivity contribution is -0.156. The van der Waals surface area contributed by atoms with E-state index in [0.717, 1.165) is 24.5 Å². The molecule has 1 aromatic heterocycles. The third kappa shape index (κ3) is 5.38. The fourth-order valence-electron chi connectivity index (χ4n) is 7.37. The largest absolute Gasteiger partial charge is 0.472 e. The van der Waals surface area contributed by atoms with E-state index in [1.54, 1.807) is 30.3 Å². The van der Waals surface area contributed by atoms with E-state index in [2.05, 4.69) is 17.1 Å². The smallest absolute Gasteiger partial charge is 0.322 e. The van der Waals surface area contributed by atoms with E-state index in [-0.39, 0.29) is 12.3 Å². The Morgan fingerprint density at radius 3 is 2.27 bits per heavy atom. The SMILES string of the molecule is CCCCCCC1CCC(c2ccc(OC3C4C(=O)OC(=O)C4c4ccccc4C3C3CC(=O)OC3=O)nn2)CC1. The molecule has 1 saturated carbocycles. The molecular weight excluding hydrogens is 524 g/mol. The first-order valence-corrected chi connectivity index (χ1v) is 15.0. The van der Waals surface area contributed by atoms with Crippen molar-refractivity contribution in [2.24, 2.45) is 17.8 Å². The highest BCUT2D eigenvalue weighted by atomic mass is 16.6. The third-order valence-electron chi connectivity index (χ3n) is 9.47. The molecule has 0 spiro atoms. The standard InChI is InChI=1S/C32H36N2O7/c1-2-3-4-5-8-18-11-13-19(14-12-18)23-15-16-24(34-33-23)39-29-26(22-17-25(35)40-30(22)36)20-9-6-7-10-21(20)27-28(29)32(38)41-31(27)37/h6-7,9-10,15-16,18-19,22,26-29H,2-5,8,11-14,17H2,1H3. The van der Waals surface area contributed by atoms with Crippen LogP contribution in [0, 0.1) is 17.8 Å². The summed E-state index contributed by atoms with van der Waals surface area (Å²) in [7, 11) is 0. The second kappa shape index (κ2) is 11.7. The number of hydrogen-bond acceptors (Lipinski definition) is 9. The Kier molecular flexibility index (Phi) is 7.86. The van der Waals surface area contributed by atoms with Crippen LogP contribution < -0.4 is 4.74 Å². The van der Waals surface area contributed by atoms with Crippen LogP contribution in [0.4, 0.5) is 0 Å². The highest BCUT2D eigenvalue weighted by Crippen LogP contribution is 2.52. The number of ether oxygens (including phenoxy) is 3. The molecule has 9 nitrogen and oxygen atoms in total. The minimum Gasteiger partial charge on any atom is -0.472 e. The van der Waals surface area contributed by atoms with Crippen molar-refractivity contribution < 1.29 is 33.4 Å². The van der Waals surface area contributed by atoms with E-state index in [4.69, 9.17) is 14.2 Å². The van der Waals surface area contributed by atoms with Crippen LogP contribution in [0.2, 0.25) is 0 Å². The zero-order chi connectivity index (χ0) is 28.5. The second-order valence-corrected chi connectivity index (χ2v) is 11.9. The molecule has 0 N–H and O–H groups in total. The van der Waals surface area contributed by atoms with Gasteiger partial charge in [0, 0.05) is 17.9 Å². The predicted molar refractivity (Wildman–Crippen MR) is 146 cm³/mol.